The van der Waals surface area contributed by atoms with Crippen molar-refractivity contribution in [2.45, 2.75) is 25.4 Å². The van der Waals surface area contributed by atoms with Gasteiger partial charge in [-0.25, -0.2) is 0 Å². The first-order valence-electron chi connectivity index (χ1n) is 4.78. The van der Waals surface area contributed by atoms with E-state index in [1.54, 1.807) is 6.26 Å². The number of furan rings is 1. The van der Waals surface area contributed by atoms with E-state index in [2.05, 4.69) is 6.08 Å². The fraction of sp³-hybridized carbons (Fsp3) is 0.455. The van der Waals surface area contributed by atoms with Gasteiger partial charge >= 0.3 is 0 Å². The zero-order chi connectivity index (χ0) is 8.93. The van der Waals surface area contributed by atoms with Gasteiger partial charge < -0.3 is 9.15 Å². The second kappa shape index (κ2) is 4.28. The van der Waals surface area contributed by atoms with E-state index in [0.29, 0.717) is 6.10 Å². The SMILES string of the molecule is C(=C\C1CCCCO1)/c1ccco1. The summed E-state index contributed by atoms with van der Waals surface area (Å²) in [5, 5.41) is 0. The van der Waals surface area contributed by atoms with Gasteiger partial charge in [-0.05, 0) is 37.5 Å². The summed E-state index contributed by atoms with van der Waals surface area (Å²) >= 11 is 0. The Bertz CT molecular complexity index is 256. The maximum atomic E-state index is 5.55. The zero-order valence-electron chi connectivity index (χ0n) is 7.61. The monoisotopic (exact) mass is 178 g/mol. The highest BCUT2D eigenvalue weighted by atomic mass is 16.5. The smallest absolute Gasteiger partial charge is 0.126 e. The summed E-state index contributed by atoms with van der Waals surface area (Å²) < 4.78 is 10.7. The zero-order valence-corrected chi connectivity index (χ0v) is 7.61. The van der Waals surface area contributed by atoms with Crippen molar-refractivity contribution < 1.29 is 9.15 Å². The second-order valence-corrected chi connectivity index (χ2v) is 3.28. The van der Waals surface area contributed by atoms with Gasteiger partial charge in [-0.15, -0.1) is 0 Å². The Balaban J connectivity index is 1.89. The molecule has 0 aliphatic carbocycles. The van der Waals surface area contributed by atoms with Crippen molar-refractivity contribution in [3.8, 4) is 0 Å². The number of ether oxygens (including phenoxy) is 1. The molecular formula is C11H14O2. The third-order valence-electron chi connectivity index (χ3n) is 2.23. The lowest BCUT2D eigenvalue weighted by atomic mass is 10.1. The summed E-state index contributed by atoms with van der Waals surface area (Å²) in [6.07, 6.45) is 9.64. The Hall–Kier alpha value is -1.02. The molecule has 2 heteroatoms. The van der Waals surface area contributed by atoms with Crippen molar-refractivity contribution in [2.24, 2.45) is 0 Å². The van der Waals surface area contributed by atoms with Gasteiger partial charge in [-0.1, -0.05) is 6.08 Å². The van der Waals surface area contributed by atoms with Gasteiger partial charge in [-0.2, -0.15) is 0 Å². The molecule has 0 N–H and O–H groups in total. The molecule has 0 aromatic carbocycles. The fourth-order valence-corrected chi connectivity index (χ4v) is 1.51. The second-order valence-electron chi connectivity index (χ2n) is 3.28. The van der Waals surface area contributed by atoms with Crippen molar-refractivity contribution in [3.63, 3.8) is 0 Å². The topological polar surface area (TPSA) is 22.4 Å². The molecule has 1 saturated heterocycles. The van der Waals surface area contributed by atoms with Crippen LogP contribution in [0.4, 0.5) is 0 Å². The van der Waals surface area contributed by atoms with Crippen molar-refractivity contribution in [1.29, 1.82) is 0 Å². The lowest BCUT2D eigenvalue weighted by molar-refractivity contribution is 0.0470. The van der Waals surface area contributed by atoms with E-state index in [9.17, 15) is 0 Å². The van der Waals surface area contributed by atoms with Crippen LogP contribution >= 0.6 is 0 Å². The van der Waals surface area contributed by atoms with Crippen LogP contribution < -0.4 is 0 Å². The van der Waals surface area contributed by atoms with Crippen molar-refractivity contribution in [1.82, 2.24) is 0 Å². The van der Waals surface area contributed by atoms with Crippen LogP contribution in [0, 0.1) is 0 Å². The normalized spacial score (nSPS) is 23.8. The van der Waals surface area contributed by atoms with E-state index in [0.717, 1.165) is 18.8 Å². The highest BCUT2D eigenvalue weighted by Crippen LogP contribution is 2.15. The predicted octanol–water partition coefficient (Wildman–Crippen LogP) is 2.86. The van der Waals surface area contributed by atoms with Gasteiger partial charge in [-0.3, -0.25) is 0 Å². The average molecular weight is 178 g/mol. The van der Waals surface area contributed by atoms with Gasteiger partial charge in [0.05, 0.1) is 12.4 Å². The van der Waals surface area contributed by atoms with E-state index in [1.165, 1.54) is 12.8 Å². The molecule has 1 aromatic rings. The average Bonchev–Trinajstić information content (AvgIpc) is 2.69. The van der Waals surface area contributed by atoms with E-state index in [-0.39, 0.29) is 0 Å². The molecule has 0 bridgehead atoms. The lowest BCUT2D eigenvalue weighted by Gasteiger charge is -2.18. The Morgan fingerprint density at radius 1 is 1.38 bits per heavy atom. The summed E-state index contributed by atoms with van der Waals surface area (Å²) in [5.41, 5.74) is 0. The summed E-state index contributed by atoms with van der Waals surface area (Å²) in [5.74, 6) is 0.897. The number of hydrogen-bond donors (Lipinski definition) is 0. The molecule has 1 unspecified atom stereocenters. The van der Waals surface area contributed by atoms with E-state index < -0.39 is 0 Å². The molecule has 70 valence electrons. The Kier molecular flexibility index (Phi) is 2.82. The molecule has 2 nitrogen and oxygen atoms in total. The largest absolute Gasteiger partial charge is 0.465 e. The summed E-state index contributed by atoms with van der Waals surface area (Å²) in [6.45, 7) is 0.896. The lowest BCUT2D eigenvalue weighted by Crippen LogP contribution is -2.15. The van der Waals surface area contributed by atoms with Crippen LogP contribution in [0.2, 0.25) is 0 Å². The van der Waals surface area contributed by atoms with Crippen LogP contribution in [-0.2, 0) is 4.74 Å². The Labute approximate surface area is 78.2 Å². The highest BCUT2D eigenvalue weighted by molar-refractivity contribution is 5.42. The third-order valence-corrected chi connectivity index (χ3v) is 2.23. The van der Waals surface area contributed by atoms with Gasteiger partial charge in [0.1, 0.15) is 5.76 Å². The molecule has 13 heavy (non-hydrogen) atoms. The fourth-order valence-electron chi connectivity index (χ4n) is 1.51. The first-order valence-corrected chi connectivity index (χ1v) is 4.78. The molecule has 1 atom stereocenters. The highest BCUT2D eigenvalue weighted by Gasteiger charge is 2.09. The summed E-state index contributed by atoms with van der Waals surface area (Å²) in [6, 6.07) is 3.83. The molecule has 0 spiro atoms. The minimum atomic E-state index is 0.291. The molecule has 2 rings (SSSR count). The minimum Gasteiger partial charge on any atom is -0.465 e. The van der Waals surface area contributed by atoms with Crippen LogP contribution in [0.5, 0.6) is 0 Å². The van der Waals surface area contributed by atoms with Crippen LogP contribution in [-0.4, -0.2) is 12.7 Å². The molecule has 1 aromatic heterocycles. The predicted molar refractivity (Wildman–Crippen MR) is 51.3 cm³/mol. The minimum absolute atomic E-state index is 0.291. The van der Waals surface area contributed by atoms with Crippen LogP contribution in [0.15, 0.2) is 28.9 Å². The quantitative estimate of drug-likeness (QED) is 0.694. The molecule has 2 heterocycles. The molecule has 0 radical (unpaired) electrons. The number of rotatable bonds is 2. The summed E-state index contributed by atoms with van der Waals surface area (Å²) in [4.78, 5) is 0. The third kappa shape index (κ3) is 2.46. The van der Waals surface area contributed by atoms with Gasteiger partial charge in [0, 0.05) is 6.61 Å². The Morgan fingerprint density at radius 2 is 2.38 bits per heavy atom. The van der Waals surface area contributed by atoms with E-state index >= 15 is 0 Å². The molecule has 1 aliphatic heterocycles. The molecule has 0 amide bonds. The van der Waals surface area contributed by atoms with E-state index in [4.69, 9.17) is 9.15 Å². The first kappa shape index (κ1) is 8.57. The van der Waals surface area contributed by atoms with Gasteiger partial charge in [0.15, 0.2) is 0 Å². The molecule has 1 fully saturated rings. The molecule has 1 aliphatic rings. The maximum Gasteiger partial charge on any atom is 0.126 e. The van der Waals surface area contributed by atoms with Gasteiger partial charge in [0.25, 0.3) is 0 Å². The van der Waals surface area contributed by atoms with Crippen molar-refractivity contribution >= 4 is 6.08 Å². The summed E-state index contributed by atoms with van der Waals surface area (Å²) in [7, 11) is 0. The first-order chi connectivity index (χ1) is 6.45. The Morgan fingerprint density at radius 3 is 3.08 bits per heavy atom. The van der Waals surface area contributed by atoms with E-state index in [1.807, 2.05) is 18.2 Å². The number of hydrogen-bond acceptors (Lipinski definition) is 2. The van der Waals surface area contributed by atoms with Crippen molar-refractivity contribution in [3.05, 3.63) is 30.2 Å². The van der Waals surface area contributed by atoms with Crippen LogP contribution in [0.3, 0.4) is 0 Å². The van der Waals surface area contributed by atoms with Crippen molar-refractivity contribution in [2.75, 3.05) is 6.61 Å². The van der Waals surface area contributed by atoms with Gasteiger partial charge in [0.2, 0.25) is 0 Å². The van der Waals surface area contributed by atoms with Crippen LogP contribution in [0.25, 0.3) is 6.08 Å². The van der Waals surface area contributed by atoms with Crippen LogP contribution in [0.1, 0.15) is 25.0 Å². The standard InChI is InChI=1S/C11H14O2/c1-2-8-12-10(4-1)6-7-11-5-3-9-13-11/h3,5-7,9-10H,1-2,4,8H2/b7-6+. The molecular weight excluding hydrogens is 164 g/mol. The molecule has 0 saturated carbocycles. The maximum absolute atomic E-state index is 5.55.